The van der Waals surface area contributed by atoms with E-state index in [1.807, 2.05) is 66.1 Å². The molecule has 4 rings (SSSR count). The molecule has 160 valence electrons. The lowest BCUT2D eigenvalue weighted by Gasteiger charge is -2.29. The molecule has 0 bridgehead atoms. The second-order valence-corrected chi connectivity index (χ2v) is 8.21. The van der Waals surface area contributed by atoms with Crippen LogP contribution in [-0.2, 0) is 34.0 Å². The highest BCUT2D eigenvalue weighted by Crippen LogP contribution is 2.33. The van der Waals surface area contributed by atoms with Gasteiger partial charge in [0.25, 0.3) is 5.91 Å². The predicted octanol–water partition coefficient (Wildman–Crippen LogP) is 4.49. The summed E-state index contributed by atoms with van der Waals surface area (Å²) in [7, 11) is 0. The third kappa shape index (κ3) is 5.82. The Hall–Kier alpha value is -2.93. The average Bonchev–Trinajstić information content (AvgIpc) is 3.37. The van der Waals surface area contributed by atoms with Crippen molar-refractivity contribution >= 4 is 17.2 Å². The standard InChI is InChI=1S/C25H25NO4S/c27-15-19-6-8-20(9-7-19)16-29-24-13-22(21-10-11-31-17-21)12-23(30-24)25(28)26-14-18-4-2-1-3-5-18/h1-12,17,22,24,27H,13-16H2,(H,26,28). The van der Waals surface area contributed by atoms with Gasteiger partial charge in [-0.1, -0.05) is 54.6 Å². The van der Waals surface area contributed by atoms with Crippen LogP contribution in [0.2, 0.25) is 0 Å². The Morgan fingerprint density at radius 3 is 2.55 bits per heavy atom. The lowest BCUT2D eigenvalue weighted by Crippen LogP contribution is -2.32. The second-order valence-electron chi connectivity index (χ2n) is 7.43. The fourth-order valence-electron chi connectivity index (χ4n) is 3.43. The number of hydrogen-bond donors (Lipinski definition) is 2. The minimum atomic E-state index is -0.523. The number of nitrogens with one attached hydrogen (secondary N) is 1. The van der Waals surface area contributed by atoms with Gasteiger partial charge < -0.3 is 19.9 Å². The molecule has 0 spiro atoms. The van der Waals surface area contributed by atoms with Crippen LogP contribution in [0.1, 0.15) is 34.6 Å². The van der Waals surface area contributed by atoms with E-state index >= 15 is 0 Å². The molecule has 3 aromatic rings. The Bertz CT molecular complexity index is 1000. The highest BCUT2D eigenvalue weighted by molar-refractivity contribution is 7.08. The van der Waals surface area contributed by atoms with Gasteiger partial charge in [0.15, 0.2) is 5.76 Å². The van der Waals surface area contributed by atoms with Gasteiger partial charge >= 0.3 is 0 Å². The van der Waals surface area contributed by atoms with E-state index in [-0.39, 0.29) is 18.4 Å². The Labute approximate surface area is 186 Å². The van der Waals surface area contributed by atoms with Crippen LogP contribution in [0.5, 0.6) is 0 Å². The summed E-state index contributed by atoms with van der Waals surface area (Å²) in [6, 6.07) is 19.4. The Kier molecular flexibility index (Phi) is 7.14. The molecule has 2 heterocycles. The topological polar surface area (TPSA) is 67.8 Å². The minimum absolute atomic E-state index is 0.0153. The second kappa shape index (κ2) is 10.4. The number of benzene rings is 2. The number of ether oxygens (including phenoxy) is 2. The van der Waals surface area contributed by atoms with Crippen molar-refractivity contribution in [1.82, 2.24) is 5.32 Å². The molecule has 0 saturated carbocycles. The highest BCUT2D eigenvalue weighted by Gasteiger charge is 2.29. The molecule has 1 aliphatic heterocycles. The van der Waals surface area contributed by atoms with Crippen molar-refractivity contribution in [2.75, 3.05) is 0 Å². The van der Waals surface area contributed by atoms with E-state index in [9.17, 15) is 9.90 Å². The van der Waals surface area contributed by atoms with Gasteiger partial charge in [-0.05, 0) is 45.2 Å². The van der Waals surface area contributed by atoms with Gasteiger partial charge in [0.05, 0.1) is 13.2 Å². The number of aliphatic hydroxyl groups excluding tert-OH is 1. The molecule has 6 heteroatoms. The molecule has 2 unspecified atom stereocenters. The number of carbonyl (C=O) groups excluding carboxylic acids is 1. The van der Waals surface area contributed by atoms with Crippen LogP contribution in [0.15, 0.2) is 83.3 Å². The van der Waals surface area contributed by atoms with Crippen molar-refractivity contribution in [3.8, 4) is 0 Å². The van der Waals surface area contributed by atoms with Crippen LogP contribution in [0.3, 0.4) is 0 Å². The largest absolute Gasteiger partial charge is 0.459 e. The zero-order valence-electron chi connectivity index (χ0n) is 17.1. The summed E-state index contributed by atoms with van der Waals surface area (Å²) in [5, 5.41) is 16.2. The van der Waals surface area contributed by atoms with E-state index in [1.165, 1.54) is 0 Å². The first kappa shape index (κ1) is 21.3. The maximum Gasteiger partial charge on any atom is 0.286 e. The van der Waals surface area contributed by atoms with E-state index < -0.39 is 6.29 Å². The maximum atomic E-state index is 12.8. The first-order valence-corrected chi connectivity index (χ1v) is 11.2. The molecular weight excluding hydrogens is 410 g/mol. The summed E-state index contributed by atoms with van der Waals surface area (Å²) < 4.78 is 11.9. The molecule has 0 saturated heterocycles. The number of carbonyl (C=O) groups is 1. The summed E-state index contributed by atoms with van der Waals surface area (Å²) in [4.78, 5) is 12.8. The molecule has 5 nitrogen and oxygen atoms in total. The SMILES string of the molecule is O=C(NCc1ccccc1)C1=CC(c2ccsc2)CC(OCc2ccc(CO)cc2)O1. The van der Waals surface area contributed by atoms with Gasteiger partial charge in [-0.3, -0.25) is 4.79 Å². The van der Waals surface area contributed by atoms with E-state index in [2.05, 4.69) is 16.8 Å². The van der Waals surface area contributed by atoms with Crippen LogP contribution >= 0.6 is 11.3 Å². The molecule has 2 N–H and O–H groups in total. The number of amides is 1. The minimum Gasteiger partial charge on any atom is -0.459 e. The number of hydrogen-bond acceptors (Lipinski definition) is 5. The third-order valence-electron chi connectivity index (χ3n) is 5.19. The van der Waals surface area contributed by atoms with Crippen molar-refractivity contribution in [2.45, 2.75) is 38.4 Å². The fraction of sp³-hybridized carbons (Fsp3) is 0.240. The van der Waals surface area contributed by atoms with Crippen molar-refractivity contribution in [2.24, 2.45) is 0 Å². The van der Waals surface area contributed by atoms with Crippen LogP contribution < -0.4 is 5.32 Å². The number of rotatable bonds is 8. The van der Waals surface area contributed by atoms with Gasteiger partial charge in [-0.2, -0.15) is 11.3 Å². The van der Waals surface area contributed by atoms with Gasteiger partial charge in [0, 0.05) is 18.9 Å². The smallest absolute Gasteiger partial charge is 0.286 e. The van der Waals surface area contributed by atoms with Crippen molar-refractivity contribution in [3.63, 3.8) is 0 Å². The fourth-order valence-corrected chi connectivity index (χ4v) is 4.16. The lowest BCUT2D eigenvalue weighted by molar-refractivity contribution is -0.150. The van der Waals surface area contributed by atoms with Crippen molar-refractivity contribution < 1.29 is 19.4 Å². The number of aliphatic hydroxyl groups is 1. The molecule has 0 radical (unpaired) electrons. The molecule has 2 atom stereocenters. The van der Waals surface area contributed by atoms with Crippen molar-refractivity contribution in [1.29, 1.82) is 0 Å². The lowest BCUT2D eigenvalue weighted by atomic mass is 9.95. The number of allylic oxidation sites excluding steroid dienone is 1. The highest BCUT2D eigenvalue weighted by atomic mass is 32.1. The number of thiophene rings is 1. The normalized spacial score (nSPS) is 18.2. The molecule has 2 aromatic carbocycles. The van der Waals surface area contributed by atoms with E-state index in [0.29, 0.717) is 25.3 Å². The van der Waals surface area contributed by atoms with Gasteiger partial charge in [-0.25, -0.2) is 0 Å². The van der Waals surface area contributed by atoms with Gasteiger partial charge in [0.2, 0.25) is 6.29 Å². The summed E-state index contributed by atoms with van der Waals surface area (Å²) in [6.07, 6.45) is 2.00. The molecule has 1 aliphatic rings. The maximum absolute atomic E-state index is 12.8. The molecule has 0 fully saturated rings. The summed E-state index contributed by atoms with van der Waals surface area (Å²) in [5.74, 6) is 0.0999. The third-order valence-corrected chi connectivity index (χ3v) is 5.89. The van der Waals surface area contributed by atoms with E-state index in [0.717, 1.165) is 22.3 Å². The summed E-state index contributed by atoms with van der Waals surface area (Å²) in [5.41, 5.74) is 4.02. The molecular formula is C25H25NO4S. The van der Waals surface area contributed by atoms with E-state index in [1.54, 1.807) is 11.3 Å². The Balaban J connectivity index is 1.42. The van der Waals surface area contributed by atoms with Crippen LogP contribution in [0.25, 0.3) is 0 Å². The first-order valence-electron chi connectivity index (χ1n) is 10.2. The van der Waals surface area contributed by atoms with Gasteiger partial charge in [-0.15, -0.1) is 0 Å². The first-order chi connectivity index (χ1) is 15.2. The Morgan fingerprint density at radius 1 is 1.06 bits per heavy atom. The van der Waals surface area contributed by atoms with Crippen LogP contribution in [0, 0.1) is 0 Å². The van der Waals surface area contributed by atoms with Crippen LogP contribution in [0.4, 0.5) is 0 Å². The monoisotopic (exact) mass is 435 g/mol. The zero-order valence-corrected chi connectivity index (χ0v) is 17.9. The molecule has 31 heavy (non-hydrogen) atoms. The quantitative estimate of drug-likeness (QED) is 0.547. The zero-order chi connectivity index (χ0) is 21.5. The van der Waals surface area contributed by atoms with Gasteiger partial charge in [0.1, 0.15) is 0 Å². The summed E-state index contributed by atoms with van der Waals surface area (Å²) >= 11 is 1.63. The van der Waals surface area contributed by atoms with Crippen LogP contribution in [-0.4, -0.2) is 17.3 Å². The molecule has 1 aromatic heterocycles. The molecule has 1 amide bonds. The van der Waals surface area contributed by atoms with E-state index in [4.69, 9.17) is 9.47 Å². The summed E-state index contributed by atoms with van der Waals surface area (Å²) in [6.45, 7) is 0.819. The predicted molar refractivity (Wildman–Crippen MR) is 120 cm³/mol. The van der Waals surface area contributed by atoms with Crippen molar-refractivity contribution in [3.05, 3.63) is 106 Å². The Morgan fingerprint density at radius 2 is 1.84 bits per heavy atom. The molecule has 0 aliphatic carbocycles. The average molecular weight is 436 g/mol.